The van der Waals surface area contributed by atoms with Crippen LogP contribution in [0.1, 0.15) is 51.0 Å². The topological polar surface area (TPSA) is 71.1 Å². The number of hydrogen-bond donors (Lipinski definition) is 1. The predicted molar refractivity (Wildman–Crippen MR) is 101 cm³/mol. The fourth-order valence-corrected chi connectivity index (χ4v) is 4.85. The molecule has 2 aromatic rings. The Balaban J connectivity index is 1.46. The number of H-pyrrole nitrogens is 1. The van der Waals surface area contributed by atoms with Crippen LogP contribution in [0.2, 0.25) is 0 Å². The van der Waals surface area contributed by atoms with Crippen LogP contribution in [0, 0.1) is 11.3 Å². The Morgan fingerprint density at radius 1 is 1.27 bits per heavy atom. The Hall–Kier alpha value is -2.11. The van der Waals surface area contributed by atoms with Gasteiger partial charge in [-0.15, -0.1) is 0 Å². The van der Waals surface area contributed by atoms with Crippen LogP contribution in [0.4, 0.5) is 5.82 Å². The number of piperidine rings is 1. The highest BCUT2D eigenvalue weighted by Gasteiger charge is 2.40. The Kier molecular flexibility index (Phi) is 4.59. The SMILES string of the molecule is CCc1c[nH]c2ncnc(N3CCC4(CCC(C(=O)OC)CC4)CC3)c12. The molecule has 0 bridgehead atoms. The summed E-state index contributed by atoms with van der Waals surface area (Å²) in [5.74, 6) is 1.16. The lowest BCUT2D eigenvalue weighted by atomic mass is 9.65. The van der Waals surface area contributed by atoms with Gasteiger partial charge >= 0.3 is 5.97 Å². The average molecular weight is 356 g/mol. The summed E-state index contributed by atoms with van der Waals surface area (Å²) in [4.78, 5) is 26.5. The van der Waals surface area contributed by atoms with Crippen LogP contribution < -0.4 is 4.90 Å². The van der Waals surface area contributed by atoms with E-state index in [0.717, 1.165) is 56.7 Å². The van der Waals surface area contributed by atoms with Gasteiger partial charge in [0, 0.05) is 19.3 Å². The number of fused-ring (bicyclic) bond motifs is 1. The summed E-state index contributed by atoms with van der Waals surface area (Å²) >= 11 is 0. The highest BCUT2D eigenvalue weighted by molar-refractivity contribution is 5.90. The Labute approximate surface area is 154 Å². The fraction of sp³-hybridized carbons (Fsp3) is 0.650. The smallest absolute Gasteiger partial charge is 0.308 e. The Morgan fingerprint density at radius 3 is 2.65 bits per heavy atom. The van der Waals surface area contributed by atoms with Gasteiger partial charge in [0.25, 0.3) is 0 Å². The van der Waals surface area contributed by atoms with Crippen LogP contribution >= 0.6 is 0 Å². The summed E-state index contributed by atoms with van der Waals surface area (Å²) in [5.41, 5.74) is 2.62. The number of hydrogen-bond acceptors (Lipinski definition) is 5. The second kappa shape index (κ2) is 6.89. The lowest BCUT2D eigenvalue weighted by molar-refractivity contribution is -0.147. The highest BCUT2D eigenvalue weighted by atomic mass is 16.5. The van der Waals surface area contributed by atoms with Crippen LogP contribution in [0.5, 0.6) is 0 Å². The van der Waals surface area contributed by atoms with Crippen LogP contribution in [0.3, 0.4) is 0 Å². The van der Waals surface area contributed by atoms with E-state index in [1.807, 2.05) is 0 Å². The van der Waals surface area contributed by atoms with Crippen molar-refractivity contribution >= 4 is 22.8 Å². The lowest BCUT2D eigenvalue weighted by Crippen LogP contribution is -2.43. The largest absolute Gasteiger partial charge is 0.469 e. The molecule has 2 aromatic heterocycles. The Morgan fingerprint density at radius 2 is 2.00 bits per heavy atom. The summed E-state index contributed by atoms with van der Waals surface area (Å²) in [6.45, 7) is 4.23. The minimum atomic E-state index is -0.0276. The van der Waals surface area contributed by atoms with E-state index in [1.54, 1.807) is 6.33 Å². The molecule has 26 heavy (non-hydrogen) atoms. The molecule has 1 saturated heterocycles. The molecular formula is C20H28N4O2. The molecule has 1 saturated carbocycles. The normalized spacial score (nSPS) is 20.6. The van der Waals surface area contributed by atoms with Gasteiger partial charge in [-0.1, -0.05) is 6.92 Å². The number of methoxy groups -OCH3 is 1. The number of ether oxygens (including phenoxy) is 1. The van der Waals surface area contributed by atoms with Crippen LogP contribution in [0.25, 0.3) is 11.0 Å². The second-order valence-corrected chi connectivity index (χ2v) is 7.87. The van der Waals surface area contributed by atoms with Gasteiger partial charge < -0.3 is 14.6 Å². The van der Waals surface area contributed by atoms with Crippen molar-refractivity contribution in [2.75, 3.05) is 25.1 Å². The molecule has 3 heterocycles. The molecule has 0 unspecified atom stereocenters. The van der Waals surface area contributed by atoms with Crippen molar-refractivity contribution in [3.63, 3.8) is 0 Å². The van der Waals surface area contributed by atoms with E-state index in [9.17, 15) is 4.79 Å². The maximum Gasteiger partial charge on any atom is 0.308 e. The molecule has 1 N–H and O–H groups in total. The third kappa shape index (κ3) is 2.95. The van der Waals surface area contributed by atoms with E-state index in [0.29, 0.717) is 5.41 Å². The number of aryl methyl sites for hydroxylation is 1. The van der Waals surface area contributed by atoms with E-state index >= 15 is 0 Å². The number of rotatable bonds is 3. The van der Waals surface area contributed by atoms with E-state index in [2.05, 4.69) is 33.0 Å². The number of nitrogens with zero attached hydrogens (tertiary/aromatic N) is 3. The number of aromatic amines is 1. The average Bonchev–Trinajstić information content (AvgIpc) is 3.12. The quantitative estimate of drug-likeness (QED) is 0.853. The summed E-state index contributed by atoms with van der Waals surface area (Å²) in [7, 11) is 1.50. The van der Waals surface area contributed by atoms with E-state index in [4.69, 9.17) is 4.74 Å². The minimum Gasteiger partial charge on any atom is -0.469 e. The first-order valence-electron chi connectivity index (χ1n) is 9.79. The van der Waals surface area contributed by atoms with Gasteiger partial charge in [-0.05, 0) is 55.9 Å². The second-order valence-electron chi connectivity index (χ2n) is 7.87. The number of carbonyl (C=O) groups excluding carboxylic acids is 1. The molecule has 4 rings (SSSR count). The lowest BCUT2D eigenvalue weighted by Gasteiger charge is -2.46. The first kappa shape index (κ1) is 17.3. The number of nitrogens with one attached hydrogen (secondary N) is 1. The number of esters is 1. The van der Waals surface area contributed by atoms with Crippen molar-refractivity contribution in [1.82, 2.24) is 15.0 Å². The molecule has 0 radical (unpaired) electrons. The highest BCUT2D eigenvalue weighted by Crippen LogP contribution is 2.47. The minimum absolute atomic E-state index is 0.0276. The molecule has 1 aliphatic heterocycles. The van der Waals surface area contributed by atoms with Crippen LogP contribution in [0.15, 0.2) is 12.5 Å². The number of aromatic nitrogens is 3. The molecule has 1 aliphatic carbocycles. The van der Waals surface area contributed by atoms with Crippen molar-refractivity contribution in [3.8, 4) is 0 Å². The van der Waals surface area contributed by atoms with Gasteiger partial charge in [0.1, 0.15) is 17.8 Å². The molecule has 2 fully saturated rings. The molecule has 140 valence electrons. The van der Waals surface area contributed by atoms with Gasteiger partial charge in [0.2, 0.25) is 0 Å². The van der Waals surface area contributed by atoms with Gasteiger partial charge in [-0.2, -0.15) is 0 Å². The Bertz CT molecular complexity index is 782. The van der Waals surface area contributed by atoms with E-state index in [-0.39, 0.29) is 11.9 Å². The molecule has 2 aliphatic rings. The monoisotopic (exact) mass is 356 g/mol. The fourth-order valence-electron chi connectivity index (χ4n) is 4.85. The molecule has 6 nitrogen and oxygen atoms in total. The van der Waals surface area contributed by atoms with Crippen LogP contribution in [-0.2, 0) is 16.0 Å². The number of anilines is 1. The van der Waals surface area contributed by atoms with Gasteiger partial charge in [0.15, 0.2) is 0 Å². The van der Waals surface area contributed by atoms with Gasteiger partial charge in [0.05, 0.1) is 18.4 Å². The van der Waals surface area contributed by atoms with E-state index in [1.165, 1.54) is 30.9 Å². The molecule has 0 amide bonds. The van der Waals surface area contributed by atoms with Crippen molar-refractivity contribution in [3.05, 3.63) is 18.1 Å². The summed E-state index contributed by atoms with van der Waals surface area (Å²) in [6, 6.07) is 0. The summed E-state index contributed by atoms with van der Waals surface area (Å²) in [6.07, 6.45) is 11.3. The van der Waals surface area contributed by atoms with Crippen molar-refractivity contribution < 1.29 is 9.53 Å². The van der Waals surface area contributed by atoms with Crippen LogP contribution in [-0.4, -0.2) is 41.1 Å². The summed E-state index contributed by atoms with van der Waals surface area (Å²) < 4.78 is 4.93. The molecule has 6 heteroatoms. The third-order valence-corrected chi connectivity index (χ3v) is 6.62. The first-order chi connectivity index (χ1) is 12.7. The third-order valence-electron chi connectivity index (χ3n) is 6.62. The standard InChI is InChI=1S/C20H28N4O2/c1-3-14-12-21-17-16(14)18(23-13-22-17)24-10-8-20(9-11-24)6-4-15(5-7-20)19(25)26-2/h12-13,15H,3-11H2,1-2H3,(H,21,22,23). The van der Waals surface area contributed by atoms with Crippen molar-refractivity contribution in [1.29, 1.82) is 0 Å². The predicted octanol–water partition coefficient (Wildman–Crippen LogP) is 3.47. The molecule has 1 spiro atoms. The summed E-state index contributed by atoms with van der Waals surface area (Å²) in [5, 5.41) is 1.18. The molecular weight excluding hydrogens is 328 g/mol. The van der Waals surface area contributed by atoms with Crippen molar-refractivity contribution in [2.24, 2.45) is 11.3 Å². The molecule has 0 atom stereocenters. The zero-order chi connectivity index (χ0) is 18.1. The molecule has 0 aromatic carbocycles. The maximum atomic E-state index is 11.8. The van der Waals surface area contributed by atoms with E-state index < -0.39 is 0 Å². The zero-order valence-electron chi connectivity index (χ0n) is 15.8. The zero-order valence-corrected chi connectivity index (χ0v) is 15.8. The number of carbonyl (C=O) groups is 1. The van der Waals surface area contributed by atoms with Crippen molar-refractivity contribution in [2.45, 2.75) is 51.9 Å². The van der Waals surface area contributed by atoms with Gasteiger partial charge in [-0.25, -0.2) is 9.97 Å². The van der Waals surface area contributed by atoms with Gasteiger partial charge in [-0.3, -0.25) is 4.79 Å². The first-order valence-corrected chi connectivity index (χ1v) is 9.79. The maximum absolute atomic E-state index is 11.8.